The SMILES string of the molecule is CCOC(=O)C(C)NC(=O)Nc1ccc(C(F)(F)F)cc1. The van der Waals surface area contributed by atoms with Gasteiger partial charge in [-0.2, -0.15) is 13.2 Å². The Hall–Kier alpha value is -2.25. The van der Waals surface area contributed by atoms with E-state index in [9.17, 15) is 22.8 Å². The van der Waals surface area contributed by atoms with Gasteiger partial charge in [-0.1, -0.05) is 0 Å². The van der Waals surface area contributed by atoms with Crippen molar-refractivity contribution in [2.45, 2.75) is 26.1 Å². The van der Waals surface area contributed by atoms with Crippen LogP contribution >= 0.6 is 0 Å². The molecule has 1 rings (SSSR count). The maximum atomic E-state index is 12.4. The third-order valence-corrected chi connectivity index (χ3v) is 2.46. The van der Waals surface area contributed by atoms with E-state index in [1.165, 1.54) is 6.92 Å². The third-order valence-electron chi connectivity index (χ3n) is 2.46. The second-order valence-corrected chi connectivity index (χ2v) is 4.15. The lowest BCUT2D eigenvalue weighted by Gasteiger charge is -2.13. The quantitative estimate of drug-likeness (QED) is 0.841. The zero-order valence-electron chi connectivity index (χ0n) is 11.5. The molecule has 0 bridgehead atoms. The smallest absolute Gasteiger partial charge is 0.416 e. The molecule has 0 spiro atoms. The van der Waals surface area contributed by atoms with Crippen molar-refractivity contribution >= 4 is 17.7 Å². The van der Waals surface area contributed by atoms with Gasteiger partial charge in [-0.05, 0) is 38.1 Å². The number of amides is 2. The number of rotatable bonds is 4. The molecule has 1 aromatic carbocycles. The number of ether oxygens (including phenoxy) is 1. The predicted molar refractivity (Wildman–Crippen MR) is 69.7 cm³/mol. The van der Waals surface area contributed by atoms with Crippen LogP contribution < -0.4 is 10.6 Å². The number of alkyl halides is 3. The van der Waals surface area contributed by atoms with Gasteiger partial charge in [0.1, 0.15) is 6.04 Å². The summed E-state index contributed by atoms with van der Waals surface area (Å²) in [5.41, 5.74) is -0.634. The van der Waals surface area contributed by atoms with Crippen LogP contribution in [-0.4, -0.2) is 24.6 Å². The highest BCUT2D eigenvalue weighted by Crippen LogP contribution is 2.29. The van der Waals surface area contributed by atoms with Gasteiger partial charge in [0.2, 0.25) is 0 Å². The molecule has 0 saturated heterocycles. The molecular formula is C13H15F3N2O3. The van der Waals surface area contributed by atoms with E-state index in [2.05, 4.69) is 10.6 Å². The van der Waals surface area contributed by atoms with Gasteiger partial charge in [-0.3, -0.25) is 0 Å². The Bertz CT molecular complexity index is 500. The van der Waals surface area contributed by atoms with Gasteiger partial charge in [0, 0.05) is 5.69 Å². The van der Waals surface area contributed by atoms with E-state index in [4.69, 9.17) is 4.74 Å². The van der Waals surface area contributed by atoms with Crippen LogP contribution in [0.1, 0.15) is 19.4 Å². The Balaban J connectivity index is 2.57. The van der Waals surface area contributed by atoms with E-state index in [0.717, 1.165) is 24.3 Å². The van der Waals surface area contributed by atoms with Crippen molar-refractivity contribution < 1.29 is 27.5 Å². The fraction of sp³-hybridized carbons (Fsp3) is 0.385. The number of urea groups is 1. The zero-order chi connectivity index (χ0) is 16.0. The standard InChI is InChI=1S/C13H15F3N2O3/c1-3-21-11(19)8(2)17-12(20)18-10-6-4-9(5-7-10)13(14,15)16/h4-8H,3H2,1-2H3,(H2,17,18,20). The molecule has 0 saturated carbocycles. The molecule has 116 valence electrons. The zero-order valence-corrected chi connectivity index (χ0v) is 11.5. The minimum Gasteiger partial charge on any atom is -0.464 e. The topological polar surface area (TPSA) is 67.4 Å². The predicted octanol–water partition coefficient (Wildman–Crippen LogP) is 2.78. The van der Waals surface area contributed by atoms with Gasteiger partial charge in [-0.15, -0.1) is 0 Å². The number of anilines is 1. The van der Waals surface area contributed by atoms with Crippen LogP contribution in [0, 0.1) is 0 Å². The molecule has 1 aromatic rings. The molecule has 0 aromatic heterocycles. The van der Waals surface area contributed by atoms with E-state index in [1.807, 2.05) is 0 Å². The highest BCUT2D eigenvalue weighted by atomic mass is 19.4. The van der Waals surface area contributed by atoms with E-state index < -0.39 is 29.8 Å². The average Bonchev–Trinajstić information content (AvgIpc) is 2.38. The van der Waals surface area contributed by atoms with Crippen molar-refractivity contribution in [2.24, 2.45) is 0 Å². The van der Waals surface area contributed by atoms with Gasteiger partial charge in [0.05, 0.1) is 12.2 Å². The van der Waals surface area contributed by atoms with Gasteiger partial charge in [-0.25, -0.2) is 9.59 Å². The Labute approximate surface area is 119 Å². The molecule has 0 aliphatic carbocycles. The van der Waals surface area contributed by atoms with Crippen molar-refractivity contribution in [3.05, 3.63) is 29.8 Å². The summed E-state index contributed by atoms with van der Waals surface area (Å²) in [4.78, 5) is 22.9. The van der Waals surface area contributed by atoms with Crippen LogP contribution in [-0.2, 0) is 15.7 Å². The number of esters is 1. The first kappa shape index (κ1) is 16.8. The minimum absolute atomic E-state index is 0.177. The Morgan fingerprint density at radius 1 is 1.24 bits per heavy atom. The average molecular weight is 304 g/mol. The van der Waals surface area contributed by atoms with Crippen LogP contribution in [0.3, 0.4) is 0 Å². The van der Waals surface area contributed by atoms with E-state index in [-0.39, 0.29) is 12.3 Å². The molecule has 0 aliphatic rings. The number of carbonyl (C=O) groups is 2. The van der Waals surface area contributed by atoms with Crippen molar-refractivity contribution in [3.63, 3.8) is 0 Å². The number of hydrogen-bond acceptors (Lipinski definition) is 3. The molecule has 0 fully saturated rings. The van der Waals surface area contributed by atoms with Crippen LogP contribution in [0.4, 0.5) is 23.7 Å². The second kappa shape index (κ2) is 6.96. The van der Waals surface area contributed by atoms with Crippen molar-refractivity contribution in [1.82, 2.24) is 5.32 Å². The normalized spacial score (nSPS) is 12.4. The first-order valence-corrected chi connectivity index (χ1v) is 6.15. The molecular weight excluding hydrogens is 289 g/mol. The maximum Gasteiger partial charge on any atom is 0.416 e. The lowest BCUT2D eigenvalue weighted by molar-refractivity contribution is -0.144. The maximum absolute atomic E-state index is 12.4. The number of carbonyl (C=O) groups excluding carboxylic acids is 2. The summed E-state index contributed by atoms with van der Waals surface area (Å²) in [7, 11) is 0. The molecule has 2 amide bonds. The van der Waals surface area contributed by atoms with E-state index in [0.29, 0.717) is 0 Å². The van der Waals surface area contributed by atoms with Crippen LogP contribution in [0.5, 0.6) is 0 Å². The summed E-state index contributed by atoms with van der Waals surface area (Å²) in [5.74, 6) is -0.597. The van der Waals surface area contributed by atoms with Gasteiger partial charge in [0.25, 0.3) is 0 Å². The Morgan fingerprint density at radius 2 is 1.81 bits per heavy atom. The molecule has 0 radical (unpaired) electrons. The molecule has 1 atom stereocenters. The summed E-state index contributed by atoms with van der Waals surface area (Å²) >= 11 is 0. The van der Waals surface area contributed by atoms with E-state index in [1.54, 1.807) is 6.92 Å². The summed E-state index contributed by atoms with van der Waals surface area (Å²) in [6.07, 6.45) is -4.43. The van der Waals surface area contributed by atoms with E-state index >= 15 is 0 Å². The highest BCUT2D eigenvalue weighted by molar-refractivity contribution is 5.92. The van der Waals surface area contributed by atoms with Crippen molar-refractivity contribution in [1.29, 1.82) is 0 Å². The molecule has 2 N–H and O–H groups in total. The summed E-state index contributed by atoms with van der Waals surface area (Å²) in [6.45, 7) is 3.25. The molecule has 1 unspecified atom stereocenters. The molecule has 0 heterocycles. The van der Waals surface area contributed by atoms with Gasteiger partial charge >= 0.3 is 18.2 Å². The van der Waals surface area contributed by atoms with Crippen LogP contribution in [0.15, 0.2) is 24.3 Å². The molecule has 5 nitrogen and oxygen atoms in total. The highest BCUT2D eigenvalue weighted by Gasteiger charge is 2.30. The Morgan fingerprint density at radius 3 is 2.29 bits per heavy atom. The third kappa shape index (κ3) is 5.33. The van der Waals surface area contributed by atoms with Crippen molar-refractivity contribution in [3.8, 4) is 0 Å². The fourth-order valence-electron chi connectivity index (χ4n) is 1.43. The molecule has 8 heteroatoms. The van der Waals surface area contributed by atoms with Gasteiger partial charge in [0.15, 0.2) is 0 Å². The second-order valence-electron chi connectivity index (χ2n) is 4.15. The number of hydrogen-bond donors (Lipinski definition) is 2. The number of nitrogens with one attached hydrogen (secondary N) is 2. The largest absolute Gasteiger partial charge is 0.464 e. The Kier molecular flexibility index (Phi) is 5.57. The lowest BCUT2D eigenvalue weighted by Crippen LogP contribution is -2.41. The summed E-state index contributed by atoms with van der Waals surface area (Å²) in [6, 6.07) is 2.37. The monoisotopic (exact) mass is 304 g/mol. The van der Waals surface area contributed by atoms with Gasteiger partial charge < -0.3 is 15.4 Å². The molecule has 21 heavy (non-hydrogen) atoms. The van der Waals surface area contributed by atoms with Crippen molar-refractivity contribution in [2.75, 3.05) is 11.9 Å². The minimum atomic E-state index is -4.43. The van der Waals surface area contributed by atoms with Crippen LogP contribution in [0.25, 0.3) is 0 Å². The number of benzene rings is 1. The first-order chi connectivity index (χ1) is 9.74. The first-order valence-electron chi connectivity index (χ1n) is 6.15. The fourth-order valence-corrected chi connectivity index (χ4v) is 1.43. The number of halogens is 3. The summed E-state index contributed by atoms with van der Waals surface area (Å²) < 4.78 is 41.8. The summed E-state index contributed by atoms with van der Waals surface area (Å²) in [5, 5.41) is 4.63. The van der Waals surface area contributed by atoms with Crippen LogP contribution in [0.2, 0.25) is 0 Å². The lowest BCUT2D eigenvalue weighted by atomic mass is 10.2. The molecule has 0 aliphatic heterocycles.